The summed E-state index contributed by atoms with van der Waals surface area (Å²) in [5.41, 5.74) is 5.21. The number of aliphatic hydroxyl groups excluding tert-OH is 1. The van der Waals surface area contributed by atoms with Crippen LogP contribution in [0.25, 0.3) is 0 Å². The topological polar surface area (TPSA) is 63.3 Å². The Morgan fingerprint density at radius 3 is 2.70 bits per heavy atom. The first kappa shape index (κ1) is 10.1. The Kier molecular flexibility index (Phi) is 5.87. The van der Waals surface area contributed by atoms with E-state index < -0.39 is 16.9 Å². The van der Waals surface area contributed by atoms with Gasteiger partial charge in [-0.1, -0.05) is 0 Å². The van der Waals surface area contributed by atoms with Crippen LogP contribution in [0.1, 0.15) is 13.3 Å². The third kappa shape index (κ3) is 6.19. The minimum absolute atomic E-state index is 0.375. The first-order valence-corrected chi connectivity index (χ1v) is 4.88. The average molecular weight is 165 g/mol. The highest BCUT2D eigenvalue weighted by atomic mass is 32.2. The third-order valence-electron chi connectivity index (χ3n) is 1.00. The molecule has 2 atom stereocenters. The molecule has 0 bridgehead atoms. The predicted octanol–water partition coefficient (Wildman–Crippen LogP) is -0.535. The van der Waals surface area contributed by atoms with Crippen LogP contribution < -0.4 is 5.73 Å². The van der Waals surface area contributed by atoms with Crippen LogP contribution in [0.15, 0.2) is 0 Å². The maximum absolute atomic E-state index is 10.9. The molecule has 0 amide bonds. The summed E-state index contributed by atoms with van der Waals surface area (Å²) >= 11 is 0. The van der Waals surface area contributed by atoms with Crippen LogP contribution in [0.4, 0.5) is 0 Å². The van der Waals surface area contributed by atoms with Gasteiger partial charge in [0, 0.05) is 22.3 Å². The van der Waals surface area contributed by atoms with E-state index in [-0.39, 0.29) is 0 Å². The summed E-state index contributed by atoms with van der Waals surface area (Å²) in [5.74, 6) is 0.988. The SMILES string of the molecule is CC(O)CS(=O)CCCN. The quantitative estimate of drug-likeness (QED) is 0.575. The number of hydrogen-bond donors (Lipinski definition) is 2. The Balaban J connectivity index is 3.26. The van der Waals surface area contributed by atoms with Crippen molar-refractivity contribution in [1.82, 2.24) is 0 Å². The summed E-state index contributed by atoms with van der Waals surface area (Å²) in [4.78, 5) is 0. The van der Waals surface area contributed by atoms with Crippen molar-refractivity contribution in [3.63, 3.8) is 0 Å². The van der Waals surface area contributed by atoms with Gasteiger partial charge in [-0.05, 0) is 19.9 Å². The molecule has 62 valence electrons. The van der Waals surface area contributed by atoms with Gasteiger partial charge < -0.3 is 10.8 Å². The highest BCUT2D eigenvalue weighted by Gasteiger charge is 2.02. The lowest BCUT2D eigenvalue weighted by Crippen LogP contribution is -2.16. The Morgan fingerprint density at radius 1 is 1.70 bits per heavy atom. The molecule has 3 N–H and O–H groups in total. The lowest BCUT2D eigenvalue weighted by molar-refractivity contribution is 0.219. The maximum Gasteiger partial charge on any atom is 0.0627 e. The molecule has 3 nitrogen and oxygen atoms in total. The molecular weight excluding hydrogens is 150 g/mol. The molecule has 0 heterocycles. The highest BCUT2D eigenvalue weighted by molar-refractivity contribution is 7.85. The van der Waals surface area contributed by atoms with Crippen LogP contribution in [-0.2, 0) is 10.8 Å². The maximum atomic E-state index is 10.9. The van der Waals surface area contributed by atoms with Crippen LogP contribution in [0.5, 0.6) is 0 Å². The minimum atomic E-state index is -0.880. The molecule has 0 aromatic rings. The molecule has 0 aromatic carbocycles. The first-order chi connectivity index (χ1) is 4.66. The number of aliphatic hydroxyl groups is 1. The highest BCUT2D eigenvalue weighted by Crippen LogP contribution is 1.90. The third-order valence-corrected chi connectivity index (χ3v) is 2.60. The van der Waals surface area contributed by atoms with Crippen molar-refractivity contribution in [2.45, 2.75) is 19.4 Å². The van der Waals surface area contributed by atoms with Crippen LogP contribution in [-0.4, -0.2) is 33.5 Å². The van der Waals surface area contributed by atoms with Crippen LogP contribution in [0, 0.1) is 0 Å². The van der Waals surface area contributed by atoms with E-state index in [1.54, 1.807) is 6.92 Å². The van der Waals surface area contributed by atoms with Crippen molar-refractivity contribution >= 4 is 10.8 Å². The zero-order valence-corrected chi connectivity index (χ0v) is 7.06. The monoisotopic (exact) mass is 165 g/mol. The second kappa shape index (κ2) is 5.82. The molecule has 0 aliphatic rings. The van der Waals surface area contributed by atoms with Crippen molar-refractivity contribution < 1.29 is 9.32 Å². The van der Waals surface area contributed by atoms with Gasteiger partial charge in [0.25, 0.3) is 0 Å². The van der Waals surface area contributed by atoms with Gasteiger partial charge in [0.1, 0.15) is 0 Å². The molecule has 10 heavy (non-hydrogen) atoms. The second-order valence-corrected chi connectivity index (χ2v) is 3.92. The lowest BCUT2D eigenvalue weighted by atomic mass is 10.5. The molecule has 0 spiro atoms. The van der Waals surface area contributed by atoms with Crippen LogP contribution in [0.3, 0.4) is 0 Å². The molecule has 0 radical (unpaired) electrons. The van der Waals surface area contributed by atoms with Gasteiger partial charge in [-0.25, -0.2) is 0 Å². The summed E-state index contributed by atoms with van der Waals surface area (Å²) in [7, 11) is -0.880. The van der Waals surface area contributed by atoms with E-state index in [0.717, 1.165) is 6.42 Å². The fourth-order valence-corrected chi connectivity index (χ4v) is 1.79. The molecule has 0 saturated carbocycles. The summed E-state index contributed by atoms with van der Waals surface area (Å²) in [6.45, 7) is 2.21. The molecule has 0 aliphatic carbocycles. The number of rotatable bonds is 5. The van der Waals surface area contributed by atoms with E-state index in [0.29, 0.717) is 18.1 Å². The Bertz CT molecular complexity index is 106. The van der Waals surface area contributed by atoms with Gasteiger partial charge in [-0.15, -0.1) is 0 Å². The summed E-state index contributed by atoms with van der Waals surface area (Å²) < 4.78 is 10.9. The molecule has 2 unspecified atom stereocenters. The van der Waals surface area contributed by atoms with Crippen molar-refractivity contribution in [2.24, 2.45) is 5.73 Å². The van der Waals surface area contributed by atoms with Gasteiger partial charge in [0.2, 0.25) is 0 Å². The molecule has 0 saturated heterocycles. The average Bonchev–Trinajstić information content (AvgIpc) is 1.82. The van der Waals surface area contributed by atoms with E-state index >= 15 is 0 Å². The molecule has 4 heteroatoms. The zero-order valence-electron chi connectivity index (χ0n) is 6.25. The fraction of sp³-hybridized carbons (Fsp3) is 1.00. The first-order valence-electron chi connectivity index (χ1n) is 3.40. The van der Waals surface area contributed by atoms with E-state index in [2.05, 4.69) is 0 Å². The molecule has 0 fully saturated rings. The number of nitrogens with two attached hydrogens (primary N) is 1. The number of hydrogen-bond acceptors (Lipinski definition) is 3. The van der Waals surface area contributed by atoms with Gasteiger partial charge in [-0.3, -0.25) is 4.21 Å². The molecule has 0 rings (SSSR count). The standard InChI is InChI=1S/C6H15NO2S/c1-6(8)5-10(9)4-2-3-7/h6,8H,2-5,7H2,1H3. The summed E-state index contributed by atoms with van der Waals surface area (Å²) in [6.07, 6.45) is 0.317. The second-order valence-electron chi connectivity index (χ2n) is 2.30. The lowest BCUT2D eigenvalue weighted by Gasteiger charge is -2.02. The van der Waals surface area contributed by atoms with Crippen molar-refractivity contribution in [1.29, 1.82) is 0 Å². The molecule has 0 aliphatic heterocycles. The largest absolute Gasteiger partial charge is 0.392 e. The van der Waals surface area contributed by atoms with Crippen molar-refractivity contribution in [2.75, 3.05) is 18.1 Å². The summed E-state index contributed by atoms with van der Waals surface area (Å²) in [6, 6.07) is 0. The summed E-state index contributed by atoms with van der Waals surface area (Å²) in [5, 5.41) is 8.80. The predicted molar refractivity (Wildman–Crippen MR) is 43.2 cm³/mol. The normalized spacial score (nSPS) is 16.7. The van der Waals surface area contributed by atoms with E-state index in [4.69, 9.17) is 10.8 Å². The van der Waals surface area contributed by atoms with Crippen molar-refractivity contribution in [3.8, 4) is 0 Å². The molecule has 0 aromatic heterocycles. The van der Waals surface area contributed by atoms with E-state index in [1.165, 1.54) is 0 Å². The van der Waals surface area contributed by atoms with E-state index in [9.17, 15) is 4.21 Å². The Morgan fingerprint density at radius 2 is 2.30 bits per heavy atom. The van der Waals surface area contributed by atoms with Gasteiger partial charge in [0.15, 0.2) is 0 Å². The van der Waals surface area contributed by atoms with Crippen LogP contribution >= 0.6 is 0 Å². The minimum Gasteiger partial charge on any atom is -0.392 e. The fourth-order valence-electron chi connectivity index (χ4n) is 0.597. The van der Waals surface area contributed by atoms with Crippen molar-refractivity contribution in [3.05, 3.63) is 0 Å². The van der Waals surface area contributed by atoms with Crippen LogP contribution in [0.2, 0.25) is 0 Å². The smallest absolute Gasteiger partial charge is 0.0627 e. The zero-order chi connectivity index (χ0) is 7.98. The van der Waals surface area contributed by atoms with Gasteiger partial charge in [-0.2, -0.15) is 0 Å². The Labute approximate surface area is 64.1 Å². The van der Waals surface area contributed by atoms with Gasteiger partial charge >= 0.3 is 0 Å². The molecular formula is C6H15NO2S. The van der Waals surface area contributed by atoms with Gasteiger partial charge in [0.05, 0.1) is 6.10 Å². The van der Waals surface area contributed by atoms with E-state index in [1.807, 2.05) is 0 Å². The Hall–Kier alpha value is 0.0700.